The lowest BCUT2D eigenvalue weighted by atomic mass is 9.86. The molecule has 2 rings (SSSR count). The third-order valence-electron chi connectivity index (χ3n) is 3.51. The molecule has 1 aliphatic carbocycles. The number of hydrogen-bond acceptors (Lipinski definition) is 5. The predicted octanol–water partition coefficient (Wildman–Crippen LogP) is 2.56. The summed E-state index contributed by atoms with van der Waals surface area (Å²) in [5.74, 6) is 0. The Morgan fingerprint density at radius 1 is 1.17 bits per heavy atom. The van der Waals surface area contributed by atoms with Crippen LogP contribution in [-0.2, 0) is 14.6 Å². The molecule has 1 saturated carbocycles. The summed E-state index contributed by atoms with van der Waals surface area (Å²) in [4.78, 5) is 12.0. The van der Waals surface area contributed by atoms with E-state index >= 15 is 0 Å². The Balaban J connectivity index is 1.87. The van der Waals surface area contributed by atoms with Crippen molar-refractivity contribution in [1.82, 2.24) is 5.32 Å². The van der Waals surface area contributed by atoms with Crippen molar-refractivity contribution in [2.24, 2.45) is 0 Å². The highest BCUT2D eigenvalue weighted by Crippen LogP contribution is 2.28. The van der Waals surface area contributed by atoms with Crippen molar-refractivity contribution in [1.29, 1.82) is 0 Å². The number of alkyl carbamates (subject to hydrolysis) is 1. The first-order valence-electron chi connectivity index (χ1n) is 7.60. The van der Waals surface area contributed by atoms with Crippen LogP contribution in [0.4, 0.5) is 10.5 Å². The van der Waals surface area contributed by atoms with Gasteiger partial charge in [-0.2, -0.15) is 0 Å². The molecule has 0 radical (unpaired) electrons. The van der Waals surface area contributed by atoms with Crippen molar-refractivity contribution in [3.05, 3.63) is 24.3 Å². The molecule has 6 nitrogen and oxygen atoms in total. The van der Waals surface area contributed by atoms with Crippen molar-refractivity contribution in [2.45, 2.75) is 56.2 Å². The van der Waals surface area contributed by atoms with Crippen molar-refractivity contribution in [2.75, 3.05) is 11.6 Å². The van der Waals surface area contributed by atoms with Crippen LogP contribution in [0.3, 0.4) is 0 Å². The molecule has 0 atom stereocenters. The van der Waals surface area contributed by atoms with Crippen molar-refractivity contribution >= 4 is 21.6 Å². The van der Waals surface area contributed by atoms with Gasteiger partial charge in [-0.15, -0.1) is 0 Å². The molecular formula is C16H24N2O4S. The minimum atomic E-state index is -3.27. The summed E-state index contributed by atoms with van der Waals surface area (Å²) >= 11 is 0. The van der Waals surface area contributed by atoms with Gasteiger partial charge in [0.2, 0.25) is 0 Å². The number of sulfone groups is 1. The summed E-state index contributed by atoms with van der Waals surface area (Å²) in [6.45, 7) is 5.46. The van der Waals surface area contributed by atoms with Crippen molar-refractivity contribution in [3.8, 4) is 0 Å². The van der Waals surface area contributed by atoms with Crippen molar-refractivity contribution < 1.29 is 17.9 Å². The minimum absolute atomic E-state index is 0.0488. The van der Waals surface area contributed by atoms with Gasteiger partial charge in [0.25, 0.3) is 0 Å². The maximum Gasteiger partial charge on any atom is 0.407 e. The number of rotatable bonds is 4. The maximum atomic E-state index is 11.8. The number of benzene rings is 1. The average Bonchev–Trinajstić information content (AvgIpc) is 2.33. The molecule has 0 unspecified atom stereocenters. The molecule has 0 bridgehead atoms. The van der Waals surface area contributed by atoms with Crippen LogP contribution in [0, 0.1) is 0 Å². The molecule has 0 aliphatic heterocycles. The molecule has 1 amide bonds. The number of hydrogen-bond donors (Lipinski definition) is 2. The highest BCUT2D eigenvalue weighted by Gasteiger charge is 2.32. The van der Waals surface area contributed by atoms with E-state index in [1.54, 1.807) is 24.3 Å². The van der Waals surface area contributed by atoms with Crippen LogP contribution >= 0.6 is 0 Å². The fourth-order valence-electron chi connectivity index (χ4n) is 2.46. The van der Waals surface area contributed by atoms with E-state index in [0.717, 1.165) is 12.8 Å². The summed E-state index contributed by atoms with van der Waals surface area (Å²) in [5.41, 5.74) is 0.0932. The normalized spacial score (nSPS) is 21.2. The number of para-hydroxylation sites is 1. The molecule has 0 spiro atoms. The monoisotopic (exact) mass is 340 g/mol. The van der Waals surface area contributed by atoms with Crippen LogP contribution in [0.5, 0.6) is 0 Å². The first kappa shape index (κ1) is 17.6. The maximum absolute atomic E-state index is 11.8. The number of ether oxygens (including phenoxy) is 1. The Kier molecular flexibility index (Phi) is 4.89. The molecule has 23 heavy (non-hydrogen) atoms. The van der Waals surface area contributed by atoms with Crippen LogP contribution in [-0.4, -0.2) is 38.5 Å². The van der Waals surface area contributed by atoms with Crippen LogP contribution in [0.15, 0.2) is 29.2 Å². The second-order valence-corrected chi connectivity index (χ2v) is 8.91. The lowest BCUT2D eigenvalue weighted by molar-refractivity contribution is 0.0475. The van der Waals surface area contributed by atoms with Gasteiger partial charge in [0.05, 0.1) is 10.6 Å². The zero-order chi connectivity index (χ0) is 17.3. The Morgan fingerprint density at radius 3 is 2.35 bits per heavy atom. The molecule has 1 aromatic rings. The van der Waals surface area contributed by atoms with Gasteiger partial charge in [-0.05, 0) is 45.7 Å². The highest BCUT2D eigenvalue weighted by molar-refractivity contribution is 7.90. The summed E-state index contributed by atoms with van der Waals surface area (Å²) in [7, 11) is -3.27. The molecule has 0 saturated heterocycles. The predicted molar refractivity (Wildman–Crippen MR) is 89.4 cm³/mol. The van der Waals surface area contributed by atoms with E-state index in [-0.39, 0.29) is 12.1 Å². The third kappa shape index (κ3) is 5.13. The largest absolute Gasteiger partial charge is 0.444 e. The van der Waals surface area contributed by atoms with Gasteiger partial charge in [-0.1, -0.05) is 12.1 Å². The Morgan fingerprint density at radius 2 is 1.78 bits per heavy atom. The van der Waals surface area contributed by atoms with Gasteiger partial charge >= 0.3 is 6.09 Å². The smallest absolute Gasteiger partial charge is 0.407 e. The molecular weight excluding hydrogens is 316 g/mol. The fourth-order valence-corrected chi connectivity index (χ4v) is 3.31. The van der Waals surface area contributed by atoms with Crippen LogP contribution in [0.2, 0.25) is 0 Å². The summed E-state index contributed by atoms with van der Waals surface area (Å²) in [6.07, 6.45) is 2.24. The van der Waals surface area contributed by atoms with Gasteiger partial charge in [-0.3, -0.25) is 0 Å². The molecule has 1 fully saturated rings. The third-order valence-corrected chi connectivity index (χ3v) is 4.66. The minimum Gasteiger partial charge on any atom is -0.444 e. The molecule has 7 heteroatoms. The lowest BCUT2D eigenvalue weighted by Crippen LogP contribution is -2.50. The summed E-state index contributed by atoms with van der Waals surface area (Å²) in [5, 5.41) is 6.05. The molecule has 0 heterocycles. The van der Waals surface area contributed by atoms with E-state index in [4.69, 9.17) is 4.74 Å². The van der Waals surface area contributed by atoms with E-state index < -0.39 is 21.5 Å². The Bertz CT molecular complexity index is 674. The van der Waals surface area contributed by atoms with Gasteiger partial charge < -0.3 is 15.4 Å². The van der Waals surface area contributed by atoms with E-state index in [1.807, 2.05) is 20.8 Å². The quantitative estimate of drug-likeness (QED) is 0.880. The Labute approximate surface area is 137 Å². The summed E-state index contributed by atoms with van der Waals surface area (Å²) < 4.78 is 28.8. The van der Waals surface area contributed by atoms with Crippen LogP contribution in [0.1, 0.15) is 33.6 Å². The zero-order valence-electron chi connectivity index (χ0n) is 13.9. The summed E-state index contributed by atoms with van der Waals surface area (Å²) in [6, 6.07) is 7.03. The van der Waals surface area contributed by atoms with Gasteiger partial charge in [0.15, 0.2) is 9.84 Å². The van der Waals surface area contributed by atoms with Gasteiger partial charge in [-0.25, -0.2) is 13.2 Å². The van der Waals surface area contributed by atoms with Crippen LogP contribution < -0.4 is 10.6 Å². The second-order valence-electron chi connectivity index (χ2n) is 6.92. The lowest BCUT2D eigenvalue weighted by Gasteiger charge is -2.37. The van der Waals surface area contributed by atoms with Crippen molar-refractivity contribution in [3.63, 3.8) is 0 Å². The number of nitrogens with one attached hydrogen (secondary N) is 2. The van der Waals surface area contributed by atoms with E-state index in [9.17, 15) is 13.2 Å². The molecule has 1 aliphatic rings. The first-order chi connectivity index (χ1) is 10.5. The van der Waals surface area contributed by atoms with Gasteiger partial charge in [0, 0.05) is 18.3 Å². The molecule has 0 aromatic heterocycles. The van der Waals surface area contributed by atoms with Crippen LogP contribution in [0.25, 0.3) is 0 Å². The Hall–Kier alpha value is -1.76. The number of anilines is 1. The standard InChI is InChI=1S/C16H24N2O4S/c1-16(2,3)22-15(19)18-12-9-11(10-12)17-13-7-5-6-8-14(13)23(4,20)21/h5-8,11-12,17H,9-10H2,1-4H3,(H,18,19). The van der Waals surface area contributed by atoms with Gasteiger partial charge in [0.1, 0.15) is 5.60 Å². The van der Waals surface area contributed by atoms with E-state index in [0.29, 0.717) is 10.6 Å². The molecule has 128 valence electrons. The SMILES string of the molecule is CC(C)(C)OC(=O)NC1CC(Nc2ccccc2S(C)(=O)=O)C1. The highest BCUT2D eigenvalue weighted by atomic mass is 32.2. The van der Waals surface area contributed by atoms with E-state index in [1.165, 1.54) is 6.26 Å². The zero-order valence-corrected chi connectivity index (χ0v) is 14.7. The topological polar surface area (TPSA) is 84.5 Å². The number of amides is 1. The average molecular weight is 340 g/mol. The number of carbonyl (C=O) groups is 1. The molecule has 2 N–H and O–H groups in total. The first-order valence-corrected chi connectivity index (χ1v) is 9.49. The number of carbonyl (C=O) groups excluding carboxylic acids is 1. The fraction of sp³-hybridized carbons (Fsp3) is 0.562. The van der Waals surface area contributed by atoms with E-state index in [2.05, 4.69) is 10.6 Å². The molecule has 1 aromatic carbocycles. The second kappa shape index (κ2) is 6.39.